The molecule has 1 heterocycles. The molecule has 1 N–H and O–H groups in total. The van der Waals surface area contributed by atoms with Crippen LogP contribution >= 0.6 is 23.2 Å². The lowest BCUT2D eigenvalue weighted by Gasteiger charge is -2.34. The van der Waals surface area contributed by atoms with Gasteiger partial charge in [0, 0.05) is 11.6 Å². The van der Waals surface area contributed by atoms with E-state index in [1.54, 1.807) is 13.0 Å². The number of carbonyl (C=O) groups is 2. The maximum Gasteiger partial charge on any atom is 0.329 e. The monoisotopic (exact) mass is 315 g/mol. The standard InChI is InChI=1S/C14H15Cl2NO3/c1-2-14(13(19)20)6-3-7-17(14)12(18)10-5-4-9(15)8-11(10)16/h4-5,8H,2-3,6-7H2,1H3,(H,19,20). The van der Waals surface area contributed by atoms with Gasteiger partial charge in [-0.05, 0) is 37.5 Å². The second-order valence-corrected chi connectivity index (χ2v) is 5.72. The van der Waals surface area contributed by atoms with Gasteiger partial charge < -0.3 is 10.0 Å². The van der Waals surface area contributed by atoms with Crippen molar-refractivity contribution in [2.24, 2.45) is 0 Å². The molecular weight excluding hydrogens is 301 g/mol. The molecular formula is C14H15Cl2NO3. The third-order valence-electron chi connectivity index (χ3n) is 3.88. The van der Waals surface area contributed by atoms with Crippen LogP contribution in [0.5, 0.6) is 0 Å². The van der Waals surface area contributed by atoms with Gasteiger partial charge in [0.1, 0.15) is 5.54 Å². The summed E-state index contributed by atoms with van der Waals surface area (Å²) in [6.07, 6.45) is 1.52. The first kappa shape index (κ1) is 15.1. The highest BCUT2D eigenvalue weighted by Crippen LogP contribution is 2.35. The lowest BCUT2D eigenvalue weighted by Crippen LogP contribution is -2.52. The Labute approximate surface area is 127 Å². The third-order valence-corrected chi connectivity index (χ3v) is 4.43. The third kappa shape index (κ3) is 2.38. The van der Waals surface area contributed by atoms with Crippen LogP contribution in [-0.4, -0.2) is 34.0 Å². The molecule has 1 amide bonds. The Morgan fingerprint density at radius 3 is 2.65 bits per heavy atom. The van der Waals surface area contributed by atoms with Crippen LogP contribution in [0.25, 0.3) is 0 Å². The van der Waals surface area contributed by atoms with Crippen molar-refractivity contribution in [2.75, 3.05) is 6.54 Å². The molecule has 1 aromatic carbocycles. The minimum absolute atomic E-state index is 0.241. The van der Waals surface area contributed by atoms with Crippen LogP contribution in [0, 0.1) is 0 Å². The van der Waals surface area contributed by atoms with E-state index in [1.807, 2.05) is 0 Å². The van der Waals surface area contributed by atoms with Crippen LogP contribution < -0.4 is 0 Å². The highest BCUT2D eigenvalue weighted by Gasteiger charge is 2.48. The predicted molar refractivity (Wildman–Crippen MR) is 77.4 cm³/mol. The van der Waals surface area contributed by atoms with Crippen molar-refractivity contribution in [1.82, 2.24) is 4.90 Å². The van der Waals surface area contributed by atoms with E-state index in [0.717, 1.165) is 0 Å². The first-order valence-electron chi connectivity index (χ1n) is 6.43. The van der Waals surface area contributed by atoms with Crippen LogP contribution in [0.4, 0.5) is 0 Å². The second kappa shape index (κ2) is 5.62. The predicted octanol–water partition coefficient (Wildman–Crippen LogP) is 3.46. The number of amides is 1. The number of halogens is 2. The summed E-state index contributed by atoms with van der Waals surface area (Å²) < 4.78 is 0. The Bertz CT molecular complexity index is 561. The smallest absolute Gasteiger partial charge is 0.329 e. The minimum atomic E-state index is -1.12. The molecule has 20 heavy (non-hydrogen) atoms. The molecule has 0 radical (unpaired) electrons. The van der Waals surface area contributed by atoms with E-state index < -0.39 is 11.5 Å². The highest BCUT2D eigenvalue weighted by atomic mass is 35.5. The molecule has 0 aromatic heterocycles. The number of hydrogen-bond donors (Lipinski definition) is 1. The van der Waals surface area contributed by atoms with E-state index in [4.69, 9.17) is 23.2 Å². The van der Waals surface area contributed by atoms with Gasteiger partial charge in [-0.1, -0.05) is 30.1 Å². The first-order chi connectivity index (χ1) is 9.42. The maximum atomic E-state index is 12.6. The Morgan fingerprint density at radius 1 is 1.40 bits per heavy atom. The number of hydrogen-bond acceptors (Lipinski definition) is 2. The average Bonchev–Trinajstić information content (AvgIpc) is 2.83. The largest absolute Gasteiger partial charge is 0.479 e. The first-order valence-corrected chi connectivity index (χ1v) is 7.18. The molecule has 4 nitrogen and oxygen atoms in total. The Kier molecular flexibility index (Phi) is 4.25. The molecule has 2 rings (SSSR count). The van der Waals surface area contributed by atoms with Crippen LogP contribution in [0.3, 0.4) is 0 Å². The molecule has 6 heteroatoms. The van der Waals surface area contributed by atoms with E-state index in [9.17, 15) is 14.7 Å². The fourth-order valence-corrected chi connectivity index (χ4v) is 3.21. The van der Waals surface area contributed by atoms with Crippen molar-refractivity contribution in [3.8, 4) is 0 Å². The molecule has 108 valence electrons. The number of rotatable bonds is 3. The molecule has 1 aromatic rings. The lowest BCUT2D eigenvalue weighted by atomic mass is 9.92. The molecule has 0 bridgehead atoms. The average molecular weight is 316 g/mol. The fraction of sp³-hybridized carbons (Fsp3) is 0.429. The van der Waals surface area contributed by atoms with Crippen LogP contribution in [0.15, 0.2) is 18.2 Å². The fourth-order valence-electron chi connectivity index (χ4n) is 2.72. The summed E-state index contributed by atoms with van der Waals surface area (Å²) in [5.74, 6) is -1.32. The normalized spacial score (nSPS) is 22.1. The molecule has 1 aliphatic heterocycles. The van der Waals surface area contributed by atoms with E-state index >= 15 is 0 Å². The molecule has 0 saturated carbocycles. The van der Waals surface area contributed by atoms with E-state index in [1.165, 1.54) is 17.0 Å². The molecule has 1 atom stereocenters. The van der Waals surface area contributed by atoms with Crippen LogP contribution in [0.1, 0.15) is 36.5 Å². The molecule has 1 fully saturated rings. The summed E-state index contributed by atoms with van der Waals surface area (Å²) in [6.45, 7) is 2.21. The molecule has 1 aliphatic rings. The number of carbonyl (C=O) groups excluding carboxylic acids is 1. The SMILES string of the molecule is CCC1(C(=O)O)CCCN1C(=O)c1ccc(Cl)cc1Cl. The van der Waals surface area contributed by atoms with E-state index in [-0.39, 0.29) is 16.5 Å². The van der Waals surface area contributed by atoms with Gasteiger partial charge in [0.25, 0.3) is 5.91 Å². The van der Waals surface area contributed by atoms with E-state index in [2.05, 4.69) is 0 Å². The highest BCUT2D eigenvalue weighted by molar-refractivity contribution is 6.36. The number of carboxylic acids is 1. The summed E-state index contributed by atoms with van der Waals surface area (Å²) in [7, 11) is 0. The van der Waals surface area contributed by atoms with Crippen LogP contribution in [-0.2, 0) is 4.79 Å². The van der Waals surface area contributed by atoms with Crippen LogP contribution in [0.2, 0.25) is 10.0 Å². The summed E-state index contributed by atoms with van der Waals surface area (Å²) in [4.78, 5) is 25.6. The summed E-state index contributed by atoms with van der Waals surface area (Å²) in [5, 5.41) is 10.2. The van der Waals surface area contributed by atoms with Gasteiger partial charge in [0.2, 0.25) is 0 Å². The van der Waals surface area contributed by atoms with Gasteiger partial charge >= 0.3 is 5.97 Å². The summed E-state index contributed by atoms with van der Waals surface area (Å²) in [5.41, 5.74) is -0.836. The zero-order valence-corrected chi connectivity index (χ0v) is 12.5. The summed E-state index contributed by atoms with van der Waals surface area (Å²) >= 11 is 11.9. The molecule has 0 aliphatic carbocycles. The van der Waals surface area contributed by atoms with E-state index in [0.29, 0.717) is 30.8 Å². The number of carboxylic acid groups (broad SMARTS) is 1. The number of nitrogens with zero attached hydrogens (tertiary/aromatic N) is 1. The zero-order chi connectivity index (χ0) is 14.9. The Balaban J connectivity index is 2.39. The van der Waals surface area contributed by atoms with Gasteiger partial charge in [0.15, 0.2) is 0 Å². The quantitative estimate of drug-likeness (QED) is 0.929. The minimum Gasteiger partial charge on any atom is -0.479 e. The lowest BCUT2D eigenvalue weighted by molar-refractivity contribution is -0.148. The van der Waals surface area contributed by atoms with Gasteiger partial charge in [-0.2, -0.15) is 0 Å². The summed E-state index contributed by atoms with van der Waals surface area (Å²) in [6, 6.07) is 4.60. The van der Waals surface area contributed by atoms with Crippen molar-refractivity contribution >= 4 is 35.1 Å². The Hall–Kier alpha value is -1.26. The number of aliphatic carboxylic acids is 1. The zero-order valence-electron chi connectivity index (χ0n) is 11.0. The van der Waals surface area contributed by atoms with Crippen molar-refractivity contribution in [3.05, 3.63) is 33.8 Å². The topological polar surface area (TPSA) is 57.6 Å². The molecule has 0 spiro atoms. The maximum absolute atomic E-state index is 12.6. The van der Waals surface area contributed by atoms with Gasteiger partial charge in [-0.25, -0.2) is 4.79 Å². The van der Waals surface area contributed by atoms with Crippen molar-refractivity contribution < 1.29 is 14.7 Å². The van der Waals surface area contributed by atoms with Crippen molar-refractivity contribution in [3.63, 3.8) is 0 Å². The van der Waals surface area contributed by atoms with Crippen molar-refractivity contribution in [1.29, 1.82) is 0 Å². The van der Waals surface area contributed by atoms with Crippen molar-refractivity contribution in [2.45, 2.75) is 31.7 Å². The van der Waals surface area contributed by atoms with Gasteiger partial charge in [-0.3, -0.25) is 4.79 Å². The molecule has 1 unspecified atom stereocenters. The van der Waals surface area contributed by atoms with Gasteiger partial charge in [-0.15, -0.1) is 0 Å². The number of likely N-dealkylation sites (tertiary alicyclic amines) is 1. The second-order valence-electron chi connectivity index (χ2n) is 4.87. The molecule has 1 saturated heterocycles. The number of benzene rings is 1. The Morgan fingerprint density at radius 2 is 2.10 bits per heavy atom. The van der Waals surface area contributed by atoms with Gasteiger partial charge in [0.05, 0.1) is 10.6 Å².